The predicted molar refractivity (Wildman–Crippen MR) is 120 cm³/mol. The van der Waals surface area contributed by atoms with Crippen LogP contribution in [0.3, 0.4) is 0 Å². The summed E-state index contributed by atoms with van der Waals surface area (Å²) in [7, 11) is 0. The highest BCUT2D eigenvalue weighted by molar-refractivity contribution is 6.09. The molecule has 0 aliphatic rings. The van der Waals surface area contributed by atoms with E-state index in [-0.39, 0.29) is 12.0 Å². The fourth-order valence-corrected chi connectivity index (χ4v) is 3.24. The van der Waals surface area contributed by atoms with Gasteiger partial charge in [-0.1, -0.05) is 27.7 Å². The summed E-state index contributed by atoms with van der Waals surface area (Å²) in [6.07, 6.45) is 12.7. The van der Waals surface area contributed by atoms with Crippen LogP contribution in [0.2, 0.25) is 0 Å². The lowest BCUT2D eigenvalue weighted by Crippen LogP contribution is -2.20. The summed E-state index contributed by atoms with van der Waals surface area (Å²) in [5.41, 5.74) is 9.59. The largest absolute Gasteiger partial charge is 0.404 e. The molecule has 0 saturated heterocycles. The number of aliphatic hydroxyl groups excluding tert-OH is 1. The molecule has 0 unspecified atom stereocenters. The van der Waals surface area contributed by atoms with Crippen LogP contribution in [0.25, 0.3) is 22.3 Å². The first-order valence-electron chi connectivity index (χ1n) is 10.3. The van der Waals surface area contributed by atoms with Crippen molar-refractivity contribution in [1.29, 1.82) is 0 Å². The van der Waals surface area contributed by atoms with Crippen LogP contribution in [0.4, 0.5) is 0 Å². The number of fused-ring (bicyclic) bond motifs is 1. The molecule has 0 amide bonds. The summed E-state index contributed by atoms with van der Waals surface area (Å²) in [5, 5.41) is 18.4. The Balaban J connectivity index is 1.99. The Hall–Kier alpha value is -3.00. The molecule has 3 aromatic heterocycles. The molecule has 0 radical (unpaired) electrons. The third-order valence-electron chi connectivity index (χ3n) is 5.23. The second-order valence-corrected chi connectivity index (χ2v) is 8.23. The van der Waals surface area contributed by atoms with Crippen LogP contribution in [0, 0.1) is 5.41 Å². The molecule has 8 heteroatoms. The summed E-state index contributed by atoms with van der Waals surface area (Å²) in [5.74, 6) is 0. The monoisotopic (exact) mass is 409 g/mol. The molecule has 0 aromatic carbocycles. The third kappa shape index (κ3) is 4.59. The Morgan fingerprint density at radius 1 is 1.27 bits per heavy atom. The lowest BCUT2D eigenvalue weighted by molar-refractivity contribution is 0.167. The molecule has 0 fully saturated rings. The summed E-state index contributed by atoms with van der Waals surface area (Å²) in [6.45, 7) is 8.80. The summed E-state index contributed by atoms with van der Waals surface area (Å²) in [4.78, 5) is 9.33. The molecule has 0 aliphatic carbocycles. The number of hydrogen-bond acceptors (Lipinski definition) is 6. The van der Waals surface area contributed by atoms with Gasteiger partial charge < -0.3 is 10.8 Å². The van der Waals surface area contributed by atoms with E-state index in [0.29, 0.717) is 23.9 Å². The van der Waals surface area contributed by atoms with E-state index in [0.717, 1.165) is 29.6 Å². The molecular weight excluding hydrogens is 378 g/mol. The first-order valence-corrected chi connectivity index (χ1v) is 10.3. The van der Waals surface area contributed by atoms with Crippen molar-refractivity contribution in [3.63, 3.8) is 0 Å². The van der Waals surface area contributed by atoms with Gasteiger partial charge in [0.25, 0.3) is 0 Å². The predicted octanol–water partition coefficient (Wildman–Crippen LogP) is 3.34. The minimum Gasteiger partial charge on any atom is -0.404 e. The Labute approximate surface area is 177 Å². The molecular formula is C22H31N7O. The summed E-state index contributed by atoms with van der Waals surface area (Å²) in [6, 6.07) is 2.30. The third-order valence-corrected chi connectivity index (χ3v) is 5.23. The van der Waals surface area contributed by atoms with Crippen molar-refractivity contribution in [3.05, 3.63) is 42.7 Å². The van der Waals surface area contributed by atoms with E-state index in [2.05, 4.69) is 29.0 Å². The lowest BCUT2D eigenvalue weighted by atomic mass is 9.95. The van der Waals surface area contributed by atoms with Crippen molar-refractivity contribution in [2.24, 2.45) is 16.1 Å². The number of hydrogen-bond donors (Lipinski definition) is 2. The first-order chi connectivity index (χ1) is 14.4. The lowest BCUT2D eigenvalue weighted by Gasteiger charge is -2.18. The first kappa shape index (κ1) is 21.7. The van der Waals surface area contributed by atoms with Gasteiger partial charge in [-0.15, -0.1) is 0 Å². The minimum atomic E-state index is -0.287. The minimum absolute atomic E-state index is 0.0637. The normalized spacial score (nSPS) is 13.2. The quantitative estimate of drug-likeness (QED) is 0.527. The maximum absolute atomic E-state index is 9.42. The highest BCUT2D eigenvalue weighted by atomic mass is 16.3. The maximum atomic E-state index is 9.42. The van der Waals surface area contributed by atoms with Crippen molar-refractivity contribution in [2.45, 2.75) is 46.6 Å². The SMILES string of the molecule is CCC(CC)n1cc(-c2nc(C(C=NCC(C)(C)CO)=CN)cn3nccc23)cn1. The van der Waals surface area contributed by atoms with Crippen LogP contribution in [0.1, 0.15) is 52.3 Å². The Bertz CT molecular complexity index is 1040. The van der Waals surface area contributed by atoms with Gasteiger partial charge in [0.1, 0.15) is 0 Å². The van der Waals surface area contributed by atoms with Crippen molar-refractivity contribution in [3.8, 4) is 11.3 Å². The Kier molecular flexibility index (Phi) is 6.66. The van der Waals surface area contributed by atoms with Gasteiger partial charge >= 0.3 is 0 Å². The average Bonchev–Trinajstić information content (AvgIpc) is 3.41. The number of aliphatic hydroxyl groups is 1. The number of rotatable bonds is 9. The molecule has 0 aliphatic heterocycles. The van der Waals surface area contributed by atoms with Gasteiger partial charge in [-0.3, -0.25) is 9.67 Å². The zero-order valence-corrected chi connectivity index (χ0v) is 18.2. The van der Waals surface area contributed by atoms with E-state index in [1.54, 1.807) is 16.9 Å². The topological polar surface area (TPSA) is 107 Å². The highest BCUT2D eigenvalue weighted by Gasteiger charge is 2.17. The van der Waals surface area contributed by atoms with E-state index >= 15 is 0 Å². The second kappa shape index (κ2) is 9.21. The van der Waals surface area contributed by atoms with E-state index in [1.807, 2.05) is 43.2 Å². The standard InChI is InChI=1S/C22H31N7O/c1-5-18(6-2)28-12-17(11-26-28)21-20-7-8-25-29(20)13-19(27-21)16(9-23)10-24-14-22(3,4)15-30/h7-13,18,30H,5-6,14-15,23H2,1-4H3. The molecule has 160 valence electrons. The molecule has 8 nitrogen and oxygen atoms in total. The van der Waals surface area contributed by atoms with E-state index < -0.39 is 0 Å². The van der Waals surface area contributed by atoms with Crippen molar-refractivity contribution < 1.29 is 5.11 Å². The van der Waals surface area contributed by atoms with E-state index in [1.165, 1.54) is 6.20 Å². The van der Waals surface area contributed by atoms with Crippen molar-refractivity contribution in [2.75, 3.05) is 13.2 Å². The average molecular weight is 410 g/mol. The Morgan fingerprint density at radius 3 is 2.70 bits per heavy atom. The van der Waals surface area contributed by atoms with Gasteiger partial charge in [0.15, 0.2) is 0 Å². The molecule has 30 heavy (non-hydrogen) atoms. The molecule has 3 aromatic rings. The van der Waals surface area contributed by atoms with E-state index in [4.69, 9.17) is 10.7 Å². The molecule has 3 heterocycles. The van der Waals surface area contributed by atoms with Gasteiger partial charge in [-0.05, 0) is 18.9 Å². The number of aliphatic imine (C=N–C) groups is 1. The van der Waals surface area contributed by atoms with Crippen LogP contribution < -0.4 is 5.73 Å². The van der Waals surface area contributed by atoms with Crippen LogP contribution in [-0.4, -0.2) is 48.9 Å². The Morgan fingerprint density at radius 2 is 2.03 bits per heavy atom. The number of aromatic nitrogens is 5. The molecule has 3 rings (SSSR count). The molecule has 0 bridgehead atoms. The number of nitrogens with zero attached hydrogens (tertiary/aromatic N) is 6. The van der Waals surface area contributed by atoms with E-state index in [9.17, 15) is 5.11 Å². The van der Waals surface area contributed by atoms with Crippen molar-refractivity contribution in [1.82, 2.24) is 24.4 Å². The fraction of sp³-hybridized carbons (Fsp3) is 0.455. The van der Waals surface area contributed by atoms with Gasteiger partial charge in [-0.2, -0.15) is 10.2 Å². The van der Waals surface area contributed by atoms with Crippen LogP contribution >= 0.6 is 0 Å². The van der Waals surface area contributed by atoms with Gasteiger partial charge in [0.2, 0.25) is 0 Å². The van der Waals surface area contributed by atoms with Crippen molar-refractivity contribution >= 4 is 17.3 Å². The van der Waals surface area contributed by atoms with Gasteiger partial charge in [0, 0.05) is 48.3 Å². The molecule has 0 spiro atoms. The molecule has 0 saturated carbocycles. The zero-order chi connectivity index (χ0) is 21.7. The number of allylic oxidation sites excluding steroid dienone is 1. The maximum Gasteiger partial charge on any atom is 0.0999 e. The summed E-state index contributed by atoms with van der Waals surface area (Å²) < 4.78 is 3.80. The van der Waals surface area contributed by atoms with Crippen LogP contribution in [0.15, 0.2) is 42.0 Å². The van der Waals surface area contributed by atoms with Crippen LogP contribution in [-0.2, 0) is 0 Å². The molecule has 3 N–H and O–H groups in total. The van der Waals surface area contributed by atoms with Gasteiger partial charge in [-0.25, -0.2) is 9.50 Å². The van der Waals surface area contributed by atoms with Gasteiger partial charge in [0.05, 0.1) is 41.5 Å². The zero-order valence-electron chi connectivity index (χ0n) is 18.2. The fourth-order valence-electron chi connectivity index (χ4n) is 3.24. The smallest absolute Gasteiger partial charge is 0.0999 e. The van der Waals surface area contributed by atoms with Crippen LogP contribution in [0.5, 0.6) is 0 Å². The second-order valence-electron chi connectivity index (χ2n) is 8.23. The molecule has 0 atom stereocenters. The number of nitrogens with two attached hydrogens (primary N) is 1. The highest BCUT2D eigenvalue weighted by Crippen LogP contribution is 2.26. The summed E-state index contributed by atoms with van der Waals surface area (Å²) >= 11 is 0.